The minimum absolute atomic E-state index is 0.0179. The summed E-state index contributed by atoms with van der Waals surface area (Å²) in [5.74, 6) is -0.317. The molecular weight excluding hydrogens is 301 g/mol. The van der Waals surface area contributed by atoms with E-state index >= 15 is 0 Å². The minimum Gasteiger partial charge on any atom is -0.398 e. The fourth-order valence-electron chi connectivity index (χ4n) is 2.80. The molecule has 0 unspecified atom stereocenters. The number of benzodiazepines with no additional fused rings is 1. The predicted octanol–water partition coefficient (Wildman–Crippen LogP) is 3.74. The van der Waals surface area contributed by atoms with Crippen molar-refractivity contribution in [3.05, 3.63) is 58.4 Å². The smallest absolute Gasteiger partial charge is 0.132 e. The van der Waals surface area contributed by atoms with E-state index in [1.807, 2.05) is 20.0 Å². The molecule has 114 valence electrons. The second-order valence-corrected chi connectivity index (χ2v) is 5.93. The van der Waals surface area contributed by atoms with E-state index in [-0.39, 0.29) is 11.9 Å². The van der Waals surface area contributed by atoms with Crippen molar-refractivity contribution in [2.24, 2.45) is 4.99 Å². The van der Waals surface area contributed by atoms with E-state index in [4.69, 9.17) is 22.3 Å². The van der Waals surface area contributed by atoms with Crippen LogP contribution >= 0.6 is 11.6 Å². The van der Waals surface area contributed by atoms with Gasteiger partial charge < -0.3 is 10.6 Å². The molecule has 0 bridgehead atoms. The van der Waals surface area contributed by atoms with Crippen molar-refractivity contribution in [2.45, 2.75) is 13.0 Å². The minimum atomic E-state index is -0.317. The Morgan fingerprint density at radius 3 is 2.73 bits per heavy atom. The maximum Gasteiger partial charge on any atom is 0.132 e. The molecule has 0 spiro atoms. The number of benzene rings is 2. The van der Waals surface area contributed by atoms with Crippen LogP contribution in [-0.2, 0) is 0 Å². The molecule has 2 aromatic rings. The van der Waals surface area contributed by atoms with Gasteiger partial charge in [-0.15, -0.1) is 0 Å². The van der Waals surface area contributed by atoms with E-state index in [1.54, 1.807) is 24.3 Å². The lowest BCUT2D eigenvalue weighted by Crippen LogP contribution is -2.25. The number of anilines is 2. The summed E-state index contributed by atoms with van der Waals surface area (Å²) in [6, 6.07) is 10.3. The van der Waals surface area contributed by atoms with Crippen LogP contribution in [0.3, 0.4) is 0 Å². The Labute approximate surface area is 134 Å². The van der Waals surface area contributed by atoms with Crippen molar-refractivity contribution in [1.82, 2.24) is 0 Å². The van der Waals surface area contributed by atoms with Crippen LogP contribution in [0.2, 0.25) is 5.02 Å². The van der Waals surface area contributed by atoms with Crippen molar-refractivity contribution < 1.29 is 4.39 Å². The number of halogens is 2. The maximum absolute atomic E-state index is 14.3. The third kappa shape index (κ3) is 2.44. The van der Waals surface area contributed by atoms with Crippen LogP contribution in [0.1, 0.15) is 18.1 Å². The molecule has 0 aromatic heterocycles. The van der Waals surface area contributed by atoms with Gasteiger partial charge in [0.2, 0.25) is 0 Å². The molecule has 1 aliphatic rings. The van der Waals surface area contributed by atoms with E-state index in [0.717, 1.165) is 12.2 Å². The van der Waals surface area contributed by atoms with Crippen LogP contribution in [0, 0.1) is 5.82 Å². The average Bonchev–Trinajstić information content (AvgIpc) is 2.60. The molecule has 2 aromatic carbocycles. The summed E-state index contributed by atoms with van der Waals surface area (Å²) in [4.78, 5) is 6.77. The number of nitrogens with zero attached hydrogens (tertiary/aromatic N) is 2. The molecule has 3 rings (SSSR count). The largest absolute Gasteiger partial charge is 0.398 e. The van der Waals surface area contributed by atoms with Gasteiger partial charge in [-0.3, -0.25) is 4.99 Å². The van der Waals surface area contributed by atoms with E-state index in [2.05, 4.69) is 4.90 Å². The Hall–Kier alpha value is -2.07. The second-order valence-electron chi connectivity index (χ2n) is 5.55. The summed E-state index contributed by atoms with van der Waals surface area (Å²) >= 11 is 6.44. The van der Waals surface area contributed by atoms with Crippen molar-refractivity contribution in [3.8, 4) is 0 Å². The molecule has 1 aliphatic heterocycles. The van der Waals surface area contributed by atoms with Crippen LogP contribution in [0.5, 0.6) is 0 Å². The highest BCUT2D eigenvalue weighted by Crippen LogP contribution is 2.36. The molecular formula is C17H17ClFN3. The van der Waals surface area contributed by atoms with Gasteiger partial charge in [0.05, 0.1) is 22.5 Å². The number of nitrogen functional groups attached to an aromatic ring is 1. The Morgan fingerprint density at radius 1 is 1.27 bits per heavy atom. The Balaban J connectivity index is 2.32. The highest BCUT2D eigenvalue weighted by molar-refractivity contribution is 6.39. The van der Waals surface area contributed by atoms with Gasteiger partial charge in [0.25, 0.3) is 0 Å². The van der Waals surface area contributed by atoms with Gasteiger partial charge in [0, 0.05) is 30.4 Å². The Bertz CT molecular complexity index is 758. The number of likely N-dealkylation sites (N-methyl/N-ethyl adjacent to an activating group) is 1. The van der Waals surface area contributed by atoms with Crippen molar-refractivity contribution in [1.29, 1.82) is 0 Å². The fourth-order valence-corrected chi connectivity index (χ4v) is 3.05. The first-order chi connectivity index (χ1) is 10.5. The summed E-state index contributed by atoms with van der Waals surface area (Å²) in [5, 5.41) is 0.417. The lowest BCUT2D eigenvalue weighted by atomic mass is 9.99. The van der Waals surface area contributed by atoms with Gasteiger partial charge in [-0.05, 0) is 31.2 Å². The van der Waals surface area contributed by atoms with Gasteiger partial charge >= 0.3 is 0 Å². The van der Waals surface area contributed by atoms with Gasteiger partial charge in [0.15, 0.2) is 0 Å². The van der Waals surface area contributed by atoms with Gasteiger partial charge in [0.1, 0.15) is 5.82 Å². The number of hydrogen-bond donors (Lipinski definition) is 1. The number of aliphatic imine (C=N–C) groups is 1. The van der Waals surface area contributed by atoms with Crippen LogP contribution < -0.4 is 10.6 Å². The zero-order chi connectivity index (χ0) is 15.9. The molecule has 5 heteroatoms. The molecule has 0 aliphatic carbocycles. The Morgan fingerprint density at radius 2 is 2.00 bits per heavy atom. The number of hydrogen-bond acceptors (Lipinski definition) is 3. The summed E-state index contributed by atoms with van der Waals surface area (Å²) in [7, 11) is 1.97. The van der Waals surface area contributed by atoms with E-state index in [9.17, 15) is 4.39 Å². The van der Waals surface area contributed by atoms with E-state index < -0.39 is 0 Å². The van der Waals surface area contributed by atoms with Crippen LogP contribution in [-0.4, -0.2) is 25.3 Å². The molecule has 0 saturated carbocycles. The summed E-state index contributed by atoms with van der Waals surface area (Å²) < 4.78 is 14.3. The molecule has 0 fully saturated rings. The molecule has 1 atom stereocenters. The predicted molar refractivity (Wildman–Crippen MR) is 90.6 cm³/mol. The van der Waals surface area contributed by atoms with E-state index in [1.165, 1.54) is 6.07 Å². The molecule has 0 saturated heterocycles. The molecule has 0 amide bonds. The van der Waals surface area contributed by atoms with Crippen molar-refractivity contribution >= 4 is 28.7 Å². The summed E-state index contributed by atoms with van der Waals surface area (Å²) in [6.07, 6.45) is 0. The SMILES string of the molecule is C[C@@H]1CN(C)c2ccc(N)c(Cl)c2C(c2ccccc2F)=N1. The lowest BCUT2D eigenvalue weighted by Gasteiger charge is -2.22. The molecule has 0 radical (unpaired) electrons. The van der Waals surface area contributed by atoms with Crippen molar-refractivity contribution in [2.75, 3.05) is 24.2 Å². The normalized spacial score (nSPS) is 17.7. The summed E-state index contributed by atoms with van der Waals surface area (Å²) in [6.45, 7) is 2.73. The molecule has 22 heavy (non-hydrogen) atoms. The highest BCUT2D eigenvalue weighted by Gasteiger charge is 2.25. The third-order valence-corrected chi connectivity index (χ3v) is 4.22. The lowest BCUT2D eigenvalue weighted by molar-refractivity contribution is 0.625. The zero-order valence-electron chi connectivity index (χ0n) is 12.5. The van der Waals surface area contributed by atoms with Crippen LogP contribution in [0.25, 0.3) is 0 Å². The van der Waals surface area contributed by atoms with E-state index in [0.29, 0.717) is 27.5 Å². The fraction of sp³-hybridized carbons (Fsp3) is 0.235. The number of nitrogens with two attached hydrogens (primary N) is 1. The van der Waals surface area contributed by atoms with Crippen molar-refractivity contribution in [3.63, 3.8) is 0 Å². The third-order valence-electron chi connectivity index (χ3n) is 3.81. The quantitative estimate of drug-likeness (QED) is 0.814. The van der Waals surface area contributed by atoms with Gasteiger partial charge in [-0.2, -0.15) is 0 Å². The van der Waals surface area contributed by atoms with Gasteiger partial charge in [-0.1, -0.05) is 23.7 Å². The summed E-state index contributed by atoms with van der Waals surface area (Å²) in [5.41, 5.74) is 9.02. The number of fused-ring (bicyclic) bond motifs is 1. The zero-order valence-corrected chi connectivity index (χ0v) is 13.2. The topological polar surface area (TPSA) is 41.6 Å². The van der Waals surface area contributed by atoms with Crippen LogP contribution in [0.4, 0.5) is 15.8 Å². The second kappa shape index (κ2) is 5.61. The highest BCUT2D eigenvalue weighted by atomic mass is 35.5. The first-order valence-corrected chi connectivity index (χ1v) is 7.49. The first-order valence-electron chi connectivity index (χ1n) is 7.11. The van der Waals surface area contributed by atoms with Gasteiger partial charge in [-0.25, -0.2) is 4.39 Å². The molecule has 1 heterocycles. The standard InChI is InChI=1S/C17H17ClFN3/c1-10-9-22(2)14-8-7-13(20)16(18)15(14)17(21-10)11-5-3-4-6-12(11)19/h3-8,10H,9,20H2,1-2H3/t10-/m1/s1. The number of rotatable bonds is 1. The maximum atomic E-state index is 14.3. The molecule has 3 nitrogen and oxygen atoms in total. The molecule has 2 N–H and O–H groups in total. The first kappa shape index (κ1) is 14.9. The monoisotopic (exact) mass is 317 g/mol. The Kier molecular flexibility index (Phi) is 3.79. The van der Waals surface area contributed by atoms with Crippen LogP contribution in [0.15, 0.2) is 41.4 Å². The average molecular weight is 318 g/mol.